The predicted octanol–water partition coefficient (Wildman–Crippen LogP) is 4.74. The van der Waals surface area contributed by atoms with Gasteiger partial charge in [0.05, 0.1) is 0 Å². The molecular formula is C16H28. The minimum Gasteiger partial charge on any atom is -0.0625 e. The first kappa shape index (κ1) is 11.1. The summed E-state index contributed by atoms with van der Waals surface area (Å²) in [6.07, 6.45) is 9.34. The molecule has 0 saturated heterocycles. The Balaban J connectivity index is 1.74. The lowest BCUT2D eigenvalue weighted by Crippen LogP contribution is -2.30. The van der Waals surface area contributed by atoms with E-state index in [4.69, 9.17) is 0 Å². The number of hydrogen-bond donors (Lipinski definition) is 0. The normalized spacial score (nSPS) is 56.8. The lowest BCUT2D eigenvalue weighted by atomic mass is 9.66. The molecular weight excluding hydrogens is 192 g/mol. The zero-order valence-electron chi connectivity index (χ0n) is 11.3. The Bertz CT molecular complexity index is 257. The largest absolute Gasteiger partial charge is 0.0625 e. The van der Waals surface area contributed by atoms with Gasteiger partial charge in [-0.15, -0.1) is 0 Å². The second-order valence-corrected chi connectivity index (χ2v) is 7.43. The Morgan fingerprint density at radius 1 is 0.625 bits per heavy atom. The third kappa shape index (κ3) is 1.73. The molecule has 0 aromatic heterocycles. The number of hydrogen-bond acceptors (Lipinski definition) is 0. The van der Waals surface area contributed by atoms with Crippen molar-refractivity contribution in [3.05, 3.63) is 0 Å². The third-order valence-corrected chi connectivity index (χ3v) is 6.35. The quantitative estimate of drug-likeness (QED) is 0.553. The third-order valence-electron chi connectivity index (χ3n) is 6.35. The van der Waals surface area contributed by atoms with Gasteiger partial charge in [0.15, 0.2) is 0 Å². The second-order valence-electron chi connectivity index (χ2n) is 7.43. The zero-order valence-corrected chi connectivity index (χ0v) is 11.3. The topological polar surface area (TPSA) is 0 Å². The molecule has 0 nitrogen and oxygen atoms in total. The van der Waals surface area contributed by atoms with Gasteiger partial charge >= 0.3 is 0 Å². The lowest BCUT2D eigenvalue weighted by molar-refractivity contribution is 0.108. The summed E-state index contributed by atoms with van der Waals surface area (Å²) in [4.78, 5) is 0. The van der Waals surface area contributed by atoms with Crippen LogP contribution >= 0.6 is 0 Å². The van der Waals surface area contributed by atoms with Crippen molar-refractivity contribution in [3.8, 4) is 0 Å². The average molecular weight is 220 g/mol. The molecule has 92 valence electrons. The average Bonchev–Trinajstić information content (AvgIpc) is 2.55. The second kappa shape index (κ2) is 4.03. The van der Waals surface area contributed by atoms with Crippen LogP contribution in [0.25, 0.3) is 0 Å². The number of rotatable bonds is 0. The van der Waals surface area contributed by atoms with Crippen LogP contribution in [0.5, 0.6) is 0 Å². The van der Waals surface area contributed by atoms with Crippen LogP contribution < -0.4 is 0 Å². The highest BCUT2D eigenvalue weighted by Crippen LogP contribution is 2.56. The van der Waals surface area contributed by atoms with Crippen molar-refractivity contribution in [3.63, 3.8) is 0 Å². The predicted molar refractivity (Wildman–Crippen MR) is 69.2 cm³/mol. The van der Waals surface area contributed by atoms with Gasteiger partial charge in [0, 0.05) is 0 Å². The first-order valence-electron chi connectivity index (χ1n) is 7.65. The molecule has 0 heteroatoms. The van der Waals surface area contributed by atoms with Gasteiger partial charge < -0.3 is 0 Å². The zero-order chi connectivity index (χ0) is 11.3. The van der Waals surface area contributed by atoms with E-state index in [0.29, 0.717) is 0 Å². The summed E-state index contributed by atoms with van der Waals surface area (Å²) in [6, 6.07) is 0. The highest BCUT2D eigenvalue weighted by Gasteiger charge is 2.47. The first-order valence-corrected chi connectivity index (χ1v) is 7.65. The Morgan fingerprint density at radius 3 is 2.12 bits per heavy atom. The molecule has 0 aromatic rings. The smallest absolute Gasteiger partial charge is 0.0352 e. The summed E-state index contributed by atoms with van der Waals surface area (Å²) in [7, 11) is 0. The molecule has 0 amide bonds. The van der Waals surface area contributed by atoms with Crippen LogP contribution in [0.3, 0.4) is 0 Å². The van der Waals surface area contributed by atoms with E-state index in [1.54, 1.807) is 32.1 Å². The highest BCUT2D eigenvalue weighted by molar-refractivity contribution is 4.97. The summed E-state index contributed by atoms with van der Waals surface area (Å²) in [6.45, 7) is 7.47. The molecule has 0 heterocycles. The first-order chi connectivity index (χ1) is 7.65. The van der Waals surface area contributed by atoms with Gasteiger partial charge in [-0.05, 0) is 73.5 Å². The molecule has 3 saturated carbocycles. The van der Waals surface area contributed by atoms with Crippen LogP contribution in [-0.2, 0) is 0 Å². The van der Waals surface area contributed by atoms with Gasteiger partial charge in [-0.1, -0.05) is 27.2 Å². The van der Waals surface area contributed by atoms with Crippen LogP contribution in [0.2, 0.25) is 0 Å². The summed E-state index contributed by atoms with van der Waals surface area (Å²) in [5.41, 5.74) is 0. The molecule has 3 aliphatic carbocycles. The summed E-state index contributed by atoms with van der Waals surface area (Å²) >= 11 is 0. The standard InChI is InChI=1S/C16H28/c1-10-4-5-15-13(6-10)9-14-7-11(2)12(3)8-16(14)15/h10-16H,4-9H2,1-3H3. The van der Waals surface area contributed by atoms with Crippen molar-refractivity contribution < 1.29 is 0 Å². The molecule has 0 aromatic carbocycles. The molecule has 0 aliphatic heterocycles. The fourth-order valence-corrected chi connectivity index (χ4v) is 5.28. The lowest BCUT2D eigenvalue weighted by Gasteiger charge is -2.39. The van der Waals surface area contributed by atoms with Crippen molar-refractivity contribution in [2.24, 2.45) is 41.4 Å². The van der Waals surface area contributed by atoms with Crippen molar-refractivity contribution in [1.82, 2.24) is 0 Å². The van der Waals surface area contributed by atoms with Crippen molar-refractivity contribution >= 4 is 0 Å². The fourth-order valence-electron chi connectivity index (χ4n) is 5.28. The molecule has 0 spiro atoms. The molecule has 0 radical (unpaired) electrons. The molecule has 7 unspecified atom stereocenters. The summed E-state index contributed by atoms with van der Waals surface area (Å²) < 4.78 is 0. The van der Waals surface area contributed by atoms with Gasteiger partial charge in [-0.25, -0.2) is 0 Å². The minimum atomic E-state index is 0.999. The summed E-state index contributed by atoms with van der Waals surface area (Å²) in [5.74, 6) is 7.53. The van der Waals surface area contributed by atoms with E-state index in [1.807, 2.05) is 0 Å². The molecule has 3 aliphatic rings. The van der Waals surface area contributed by atoms with Crippen molar-refractivity contribution in [2.75, 3.05) is 0 Å². The van der Waals surface area contributed by atoms with Crippen LogP contribution in [0.15, 0.2) is 0 Å². The molecule has 3 fully saturated rings. The van der Waals surface area contributed by atoms with Crippen LogP contribution in [-0.4, -0.2) is 0 Å². The molecule has 16 heavy (non-hydrogen) atoms. The minimum absolute atomic E-state index is 0.999. The highest BCUT2D eigenvalue weighted by atomic mass is 14.5. The van der Waals surface area contributed by atoms with E-state index in [-0.39, 0.29) is 0 Å². The maximum atomic E-state index is 2.50. The Morgan fingerprint density at radius 2 is 1.31 bits per heavy atom. The van der Waals surface area contributed by atoms with Crippen LogP contribution in [0.1, 0.15) is 59.3 Å². The van der Waals surface area contributed by atoms with E-state index in [1.165, 1.54) is 6.42 Å². The van der Waals surface area contributed by atoms with E-state index in [2.05, 4.69) is 20.8 Å². The molecule has 0 bridgehead atoms. The molecule has 0 N–H and O–H groups in total. The van der Waals surface area contributed by atoms with Gasteiger partial charge in [-0.3, -0.25) is 0 Å². The SMILES string of the molecule is CC1CCC2C(C1)CC1CC(C)C(C)CC12. The van der Waals surface area contributed by atoms with E-state index in [0.717, 1.165) is 41.4 Å². The Hall–Kier alpha value is 0. The Labute approximate surface area is 101 Å². The van der Waals surface area contributed by atoms with Crippen LogP contribution in [0, 0.1) is 41.4 Å². The van der Waals surface area contributed by atoms with Crippen molar-refractivity contribution in [2.45, 2.75) is 59.3 Å². The molecule has 3 rings (SSSR count). The van der Waals surface area contributed by atoms with E-state index >= 15 is 0 Å². The number of fused-ring (bicyclic) bond motifs is 3. The van der Waals surface area contributed by atoms with Gasteiger partial charge in [0.1, 0.15) is 0 Å². The monoisotopic (exact) mass is 220 g/mol. The van der Waals surface area contributed by atoms with Gasteiger partial charge in [0.2, 0.25) is 0 Å². The maximum absolute atomic E-state index is 2.50. The maximum Gasteiger partial charge on any atom is -0.0352 e. The summed E-state index contributed by atoms with van der Waals surface area (Å²) in [5, 5.41) is 0. The molecule has 7 atom stereocenters. The fraction of sp³-hybridized carbons (Fsp3) is 1.00. The van der Waals surface area contributed by atoms with Gasteiger partial charge in [0.25, 0.3) is 0 Å². The van der Waals surface area contributed by atoms with Crippen molar-refractivity contribution in [1.29, 1.82) is 0 Å². The van der Waals surface area contributed by atoms with E-state index < -0.39 is 0 Å². The van der Waals surface area contributed by atoms with E-state index in [9.17, 15) is 0 Å². The Kier molecular flexibility index (Phi) is 2.80. The van der Waals surface area contributed by atoms with Gasteiger partial charge in [-0.2, -0.15) is 0 Å². The van der Waals surface area contributed by atoms with Crippen LogP contribution in [0.4, 0.5) is 0 Å².